The lowest BCUT2D eigenvalue weighted by molar-refractivity contribution is -0.385. The number of rotatable bonds is 5. The van der Waals surface area contributed by atoms with E-state index in [2.05, 4.69) is 5.32 Å². The number of amides is 1. The fourth-order valence-electron chi connectivity index (χ4n) is 2.51. The number of carbonyl (C=O) groups is 1. The Bertz CT molecular complexity index is 1100. The number of nitro benzene ring substituents is 1. The summed E-state index contributed by atoms with van der Waals surface area (Å²) in [5.41, 5.74) is -1.71. The van der Waals surface area contributed by atoms with Gasteiger partial charge in [-0.3, -0.25) is 14.9 Å². The standard InChI is InChI=1S/C20H13F3N2O5/c21-20(22,23)13-3-1-2-12(10-13)19(27)24-14-4-9-18(17(11-14)25(28)29)30-16-7-5-15(26)6-8-16/h1-11,26H,(H,24,27). The molecule has 30 heavy (non-hydrogen) atoms. The maximum Gasteiger partial charge on any atom is 0.416 e. The summed E-state index contributed by atoms with van der Waals surface area (Å²) < 4.78 is 43.9. The third kappa shape index (κ3) is 4.85. The molecule has 0 saturated heterocycles. The molecule has 0 aromatic heterocycles. The summed E-state index contributed by atoms with van der Waals surface area (Å²) in [5.74, 6) is -0.758. The van der Waals surface area contributed by atoms with Crippen LogP contribution < -0.4 is 10.1 Å². The van der Waals surface area contributed by atoms with Crippen molar-refractivity contribution in [3.63, 3.8) is 0 Å². The number of benzene rings is 3. The maximum absolute atomic E-state index is 12.8. The van der Waals surface area contributed by atoms with Gasteiger partial charge in [-0.05, 0) is 54.6 Å². The number of phenolic OH excluding ortho intramolecular Hbond substituents is 1. The molecule has 0 fully saturated rings. The average molecular weight is 418 g/mol. The van der Waals surface area contributed by atoms with Gasteiger partial charge in [0.1, 0.15) is 11.5 Å². The molecule has 0 aliphatic rings. The zero-order valence-electron chi connectivity index (χ0n) is 15.0. The summed E-state index contributed by atoms with van der Waals surface area (Å²) in [6.45, 7) is 0. The minimum atomic E-state index is -4.61. The lowest BCUT2D eigenvalue weighted by Gasteiger charge is -2.11. The van der Waals surface area contributed by atoms with Crippen LogP contribution in [0.3, 0.4) is 0 Å². The number of phenols is 1. The monoisotopic (exact) mass is 418 g/mol. The minimum absolute atomic E-state index is 0.00201. The Hall–Kier alpha value is -4.08. The van der Waals surface area contributed by atoms with Gasteiger partial charge < -0.3 is 15.2 Å². The molecule has 0 aliphatic carbocycles. The van der Waals surface area contributed by atoms with E-state index < -0.39 is 28.3 Å². The van der Waals surface area contributed by atoms with Gasteiger partial charge in [0.2, 0.25) is 5.75 Å². The van der Waals surface area contributed by atoms with Crippen molar-refractivity contribution in [1.29, 1.82) is 0 Å². The molecule has 3 aromatic carbocycles. The van der Waals surface area contributed by atoms with E-state index in [1.54, 1.807) is 0 Å². The van der Waals surface area contributed by atoms with Gasteiger partial charge in [-0.25, -0.2) is 0 Å². The zero-order valence-corrected chi connectivity index (χ0v) is 15.0. The van der Waals surface area contributed by atoms with E-state index in [4.69, 9.17) is 4.74 Å². The fourth-order valence-corrected chi connectivity index (χ4v) is 2.51. The molecule has 0 heterocycles. The van der Waals surface area contributed by atoms with Crippen LogP contribution in [0.2, 0.25) is 0 Å². The van der Waals surface area contributed by atoms with E-state index >= 15 is 0 Å². The van der Waals surface area contributed by atoms with E-state index in [-0.39, 0.29) is 28.5 Å². The van der Waals surface area contributed by atoms with Gasteiger partial charge >= 0.3 is 11.9 Å². The van der Waals surface area contributed by atoms with Crippen LogP contribution in [0.15, 0.2) is 66.7 Å². The Morgan fingerprint density at radius 2 is 1.73 bits per heavy atom. The van der Waals surface area contributed by atoms with Crippen LogP contribution in [-0.2, 0) is 6.18 Å². The van der Waals surface area contributed by atoms with Crippen molar-refractivity contribution >= 4 is 17.3 Å². The molecule has 3 aromatic rings. The molecular formula is C20H13F3N2O5. The predicted octanol–water partition coefficient (Wildman–Crippen LogP) is 5.36. The number of hydrogen-bond acceptors (Lipinski definition) is 5. The molecule has 7 nitrogen and oxygen atoms in total. The number of nitrogens with one attached hydrogen (secondary N) is 1. The van der Waals surface area contributed by atoms with Crippen molar-refractivity contribution in [2.45, 2.75) is 6.18 Å². The van der Waals surface area contributed by atoms with Crippen LogP contribution in [0.5, 0.6) is 17.2 Å². The van der Waals surface area contributed by atoms with E-state index in [1.165, 1.54) is 42.5 Å². The van der Waals surface area contributed by atoms with Crippen molar-refractivity contribution in [1.82, 2.24) is 0 Å². The van der Waals surface area contributed by atoms with Gasteiger partial charge in [0, 0.05) is 17.3 Å². The molecule has 2 N–H and O–H groups in total. The number of ether oxygens (including phenoxy) is 1. The van der Waals surface area contributed by atoms with Crippen LogP contribution in [0.4, 0.5) is 24.5 Å². The summed E-state index contributed by atoms with van der Waals surface area (Å²) in [6.07, 6.45) is -4.61. The predicted molar refractivity (Wildman–Crippen MR) is 101 cm³/mol. The second-order valence-corrected chi connectivity index (χ2v) is 6.07. The molecule has 0 radical (unpaired) electrons. The van der Waals surface area contributed by atoms with E-state index in [0.717, 1.165) is 18.2 Å². The topological polar surface area (TPSA) is 102 Å². The van der Waals surface area contributed by atoms with Gasteiger partial charge in [-0.2, -0.15) is 13.2 Å². The number of nitro groups is 1. The Morgan fingerprint density at radius 1 is 1.03 bits per heavy atom. The normalized spacial score (nSPS) is 11.0. The lowest BCUT2D eigenvalue weighted by atomic mass is 10.1. The number of nitrogens with zero attached hydrogens (tertiary/aromatic N) is 1. The Labute approximate surface area is 167 Å². The highest BCUT2D eigenvalue weighted by molar-refractivity contribution is 6.04. The molecule has 0 unspecified atom stereocenters. The Balaban J connectivity index is 1.83. The molecule has 0 aliphatic heterocycles. The zero-order chi connectivity index (χ0) is 21.9. The number of hydrogen-bond donors (Lipinski definition) is 2. The van der Waals surface area contributed by atoms with E-state index in [0.29, 0.717) is 6.07 Å². The Kier molecular flexibility index (Phi) is 5.58. The van der Waals surface area contributed by atoms with Crippen LogP contribution in [0.1, 0.15) is 15.9 Å². The molecule has 3 rings (SSSR count). The summed E-state index contributed by atoms with van der Waals surface area (Å²) in [4.78, 5) is 22.9. The second kappa shape index (κ2) is 8.11. The molecule has 1 amide bonds. The molecule has 0 bridgehead atoms. The quantitative estimate of drug-likeness (QED) is 0.429. The van der Waals surface area contributed by atoms with Crippen LogP contribution in [-0.4, -0.2) is 15.9 Å². The second-order valence-electron chi connectivity index (χ2n) is 6.07. The first kappa shape index (κ1) is 20.6. The van der Waals surface area contributed by atoms with E-state index in [9.17, 15) is 33.2 Å². The van der Waals surface area contributed by atoms with Gasteiger partial charge in [0.05, 0.1) is 10.5 Å². The highest BCUT2D eigenvalue weighted by Crippen LogP contribution is 2.34. The highest BCUT2D eigenvalue weighted by atomic mass is 19.4. The van der Waals surface area contributed by atoms with Crippen molar-refractivity contribution in [3.8, 4) is 17.2 Å². The van der Waals surface area contributed by atoms with Crippen molar-refractivity contribution < 1.29 is 32.7 Å². The van der Waals surface area contributed by atoms with Crippen molar-refractivity contribution in [3.05, 3.63) is 88.0 Å². The van der Waals surface area contributed by atoms with Gasteiger partial charge in [-0.1, -0.05) is 6.07 Å². The SMILES string of the molecule is O=C(Nc1ccc(Oc2ccc(O)cc2)c([N+](=O)[O-])c1)c1cccc(C(F)(F)F)c1. The summed E-state index contributed by atoms with van der Waals surface area (Å²) in [5, 5.41) is 23.0. The average Bonchev–Trinajstić information content (AvgIpc) is 2.70. The van der Waals surface area contributed by atoms with Crippen LogP contribution in [0, 0.1) is 10.1 Å². The number of alkyl halides is 3. The molecular weight excluding hydrogens is 405 g/mol. The summed E-state index contributed by atoms with van der Waals surface area (Å²) in [7, 11) is 0. The largest absolute Gasteiger partial charge is 0.508 e. The minimum Gasteiger partial charge on any atom is -0.508 e. The first-order valence-electron chi connectivity index (χ1n) is 8.37. The third-order valence-electron chi connectivity index (χ3n) is 3.93. The van der Waals surface area contributed by atoms with E-state index in [1.807, 2.05) is 0 Å². The van der Waals surface area contributed by atoms with Crippen molar-refractivity contribution in [2.24, 2.45) is 0 Å². The first-order chi connectivity index (χ1) is 14.1. The third-order valence-corrected chi connectivity index (χ3v) is 3.93. The number of anilines is 1. The summed E-state index contributed by atoms with van der Waals surface area (Å²) >= 11 is 0. The van der Waals surface area contributed by atoms with Crippen molar-refractivity contribution in [2.75, 3.05) is 5.32 Å². The number of halogens is 3. The molecule has 0 atom stereocenters. The van der Waals surface area contributed by atoms with Gasteiger partial charge in [-0.15, -0.1) is 0 Å². The number of aromatic hydroxyl groups is 1. The molecule has 0 spiro atoms. The first-order valence-corrected chi connectivity index (χ1v) is 8.37. The molecule has 0 saturated carbocycles. The van der Waals surface area contributed by atoms with Gasteiger partial charge in [0.25, 0.3) is 5.91 Å². The van der Waals surface area contributed by atoms with Crippen LogP contribution >= 0.6 is 0 Å². The lowest BCUT2D eigenvalue weighted by Crippen LogP contribution is -2.14. The number of carbonyl (C=O) groups excluding carboxylic acids is 1. The highest BCUT2D eigenvalue weighted by Gasteiger charge is 2.31. The fraction of sp³-hybridized carbons (Fsp3) is 0.0500. The molecule has 10 heteroatoms. The molecule has 154 valence electrons. The summed E-state index contributed by atoms with van der Waals surface area (Å²) in [6, 6.07) is 12.9. The smallest absolute Gasteiger partial charge is 0.416 e. The van der Waals surface area contributed by atoms with Gasteiger partial charge in [0.15, 0.2) is 0 Å². The Morgan fingerprint density at radius 3 is 2.37 bits per heavy atom. The maximum atomic E-state index is 12.8. The van der Waals surface area contributed by atoms with Crippen LogP contribution in [0.25, 0.3) is 0 Å².